The van der Waals surface area contributed by atoms with Gasteiger partial charge in [-0.3, -0.25) is 0 Å². The van der Waals surface area contributed by atoms with Crippen LogP contribution in [0.2, 0.25) is 0 Å². The number of hydrogen-bond donors (Lipinski definition) is 3. The van der Waals surface area contributed by atoms with Gasteiger partial charge < -0.3 is 21.5 Å². The number of carbonyl (C=O) groups is 1. The highest BCUT2D eigenvalue weighted by atomic mass is 127. The van der Waals surface area contributed by atoms with E-state index in [1.807, 2.05) is 11.9 Å². The van der Waals surface area contributed by atoms with Crippen LogP contribution in [0.5, 0.6) is 0 Å². The van der Waals surface area contributed by atoms with E-state index in [-0.39, 0.29) is 11.4 Å². The summed E-state index contributed by atoms with van der Waals surface area (Å²) in [5.41, 5.74) is 11.5. The number of nitrogens with two attached hydrogens (primary N) is 2. The third kappa shape index (κ3) is 3.70. The molecule has 1 rings (SSSR count). The summed E-state index contributed by atoms with van der Waals surface area (Å²) in [4.78, 5) is 13.6. The molecule has 5 N–H and O–H groups in total. The van der Waals surface area contributed by atoms with Crippen molar-refractivity contribution in [2.24, 2.45) is 11.5 Å². The van der Waals surface area contributed by atoms with Crippen LogP contribution in [0.25, 0.3) is 0 Å². The summed E-state index contributed by atoms with van der Waals surface area (Å²) in [6.45, 7) is 0. The van der Waals surface area contributed by atoms with E-state index < -0.39 is 5.97 Å². The summed E-state index contributed by atoms with van der Waals surface area (Å²) in [6.07, 6.45) is 0. The molecule has 0 saturated carbocycles. The van der Waals surface area contributed by atoms with Crippen molar-refractivity contribution in [1.82, 2.24) is 4.90 Å². The zero-order valence-electron chi connectivity index (χ0n) is 9.76. The first-order chi connectivity index (χ1) is 8.47. The average Bonchev–Trinajstić information content (AvgIpc) is 2.34. The molecule has 18 heavy (non-hydrogen) atoms. The molecule has 0 unspecified atom stereocenters. The lowest BCUT2D eigenvalue weighted by Crippen LogP contribution is -2.22. The summed E-state index contributed by atoms with van der Waals surface area (Å²) in [6, 6.07) is 6.76. The number of hydrogen-bond acceptors (Lipinski definition) is 5. The Morgan fingerprint density at radius 2 is 2.06 bits per heavy atom. The van der Waals surface area contributed by atoms with Gasteiger partial charge in [-0.15, -0.1) is 0 Å². The number of benzene rings is 1. The number of halogens is 1. The monoisotopic (exact) mass is 379 g/mol. The molecule has 0 aliphatic heterocycles. The maximum absolute atomic E-state index is 11.1. The first-order valence-electron chi connectivity index (χ1n) is 4.99. The van der Waals surface area contributed by atoms with Crippen molar-refractivity contribution in [3.05, 3.63) is 40.7 Å². The molecule has 0 aromatic heterocycles. The van der Waals surface area contributed by atoms with Gasteiger partial charge in [0, 0.05) is 11.9 Å². The van der Waals surface area contributed by atoms with Gasteiger partial charge in [0.1, 0.15) is 10.9 Å². The SMILES string of the molecule is CN(CI)C(Sc1ccccc1C(=O)O)=C(N)N. The van der Waals surface area contributed by atoms with E-state index in [9.17, 15) is 4.79 Å². The van der Waals surface area contributed by atoms with Crippen molar-refractivity contribution in [2.45, 2.75) is 4.90 Å². The van der Waals surface area contributed by atoms with Gasteiger partial charge in [0.15, 0.2) is 0 Å². The number of nitrogens with zero attached hydrogens (tertiary/aromatic N) is 1. The fourth-order valence-electron chi connectivity index (χ4n) is 1.25. The maximum atomic E-state index is 11.1. The van der Waals surface area contributed by atoms with Gasteiger partial charge in [0.2, 0.25) is 0 Å². The third-order valence-electron chi connectivity index (χ3n) is 2.10. The topological polar surface area (TPSA) is 92.6 Å². The molecular weight excluding hydrogens is 365 g/mol. The summed E-state index contributed by atoms with van der Waals surface area (Å²) in [5, 5.41) is 9.76. The second kappa shape index (κ2) is 6.74. The molecule has 1 aromatic rings. The van der Waals surface area contributed by atoms with Crippen LogP contribution in [0.4, 0.5) is 0 Å². The van der Waals surface area contributed by atoms with Crippen LogP contribution in [0, 0.1) is 0 Å². The Labute approximate surface area is 123 Å². The molecule has 0 atom stereocenters. The number of aromatic carboxylic acids is 1. The Bertz CT molecular complexity index is 475. The Hall–Kier alpha value is -1.09. The van der Waals surface area contributed by atoms with Gasteiger partial charge in [-0.2, -0.15) is 0 Å². The molecule has 0 radical (unpaired) electrons. The van der Waals surface area contributed by atoms with Gasteiger partial charge in [0.25, 0.3) is 0 Å². The molecular formula is C11H14IN3O2S. The molecule has 7 heteroatoms. The van der Waals surface area contributed by atoms with Crippen LogP contribution in [0.15, 0.2) is 40.0 Å². The van der Waals surface area contributed by atoms with Gasteiger partial charge in [-0.25, -0.2) is 4.79 Å². The molecule has 98 valence electrons. The van der Waals surface area contributed by atoms with Crippen LogP contribution in [0.3, 0.4) is 0 Å². The third-order valence-corrected chi connectivity index (χ3v) is 4.44. The van der Waals surface area contributed by atoms with Gasteiger partial charge in [-0.1, -0.05) is 46.5 Å². The lowest BCUT2D eigenvalue weighted by Gasteiger charge is -2.20. The fraction of sp³-hybridized carbons (Fsp3) is 0.182. The zero-order valence-corrected chi connectivity index (χ0v) is 12.7. The van der Waals surface area contributed by atoms with E-state index in [0.717, 1.165) is 0 Å². The molecule has 0 aliphatic rings. The molecule has 1 aromatic carbocycles. The van der Waals surface area contributed by atoms with Crippen LogP contribution in [0.1, 0.15) is 10.4 Å². The van der Waals surface area contributed by atoms with Crippen molar-refractivity contribution >= 4 is 40.3 Å². The highest BCUT2D eigenvalue weighted by Gasteiger charge is 2.15. The zero-order chi connectivity index (χ0) is 13.7. The van der Waals surface area contributed by atoms with E-state index in [1.54, 1.807) is 24.3 Å². The predicted octanol–water partition coefficient (Wildman–Crippen LogP) is 1.85. The second-order valence-electron chi connectivity index (χ2n) is 3.48. The first kappa shape index (κ1) is 15.0. The summed E-state index contributed by atoms with van der Waals surface area (Å²) < 4.78 is 0.702. The first-order valence-corrected chi connectivity index (χ1v) is 7.34. The van der Waals surface area contributed by atoms with E-state index >= 15 is 0 Å². The molecule has 0 aliphatic carbocycles. The number of alkyl halides is 1. The molecule has 0 bridgehead atoms. The number of thioether (sulfide) groups is 1. The number of carboxylic acids is 1. The van der Waals surface area contributed by atoms with Crippen LogP contribution in [-0.2, 0) is 0 Å². The van der Waals surface area contributed by atoms with E-state index in [1.165, 1.54) is 11.8 Å². The molecule has 0 fully saturated rings. The van der Waals surface area contributed by atoms with Crippen molar-refractivity contribution in [2.75, 3.05) is 11.6 Å². The minimum Gasteiger partial charge on any atom is -0.478 e. The van der Waals surface area contributed by atoms with E-state index in [2.05, 4.69) is 22.6 Å². The molecule has 0 spiro atoms. The minimum absolute atomic E-state index is 0.180. The van der Waals surface area contributed by atoms with E-state index in [0.29, 0.717) is 14.5 Å². The predicted molar refractivity (Wildman–Crippen MR) is 81.3 cm³/mol. The Kier molecular flexibility index (Phi) is 5.60. The Balaban J connectivity index is 3.10. The Morgan fingerprint density at radius 1 is 1.44 bits per heavy atom. The number of rotatable bonds is 5. The largest absolute Gasteiger partial charge is 0.478 e. The number of carboxylic acid groups (broad SMARTS) is 1. The van der Waals surface area contributed by atoms with Crippen LogP contribution in [-0.4, -0.2) is 27.6 Å². The average molecular weight is 379 g/mol. The van der Waals surface area contributed by atoms with Crippen molar-refractivity contribution in [1.29, 1.82) is 0 Å². The fourth-order valence-corrected chi connectivity index (χ4v) is 2.78. The summed E-state index contributed by atoms with van der Waals surface area (Å²) >= 11 is 3.43. The molecule has 0 heterocycles. The van der Waals surface area contributed by atoms with Gasteiger partial charge >= 0.3 is 5.97 Å². The standard InChI is InChI=1S/C11H14IN3O2S/c1-15(6-12)10(9(13)14)18-8-5-3-2-4-7(8)11(16)17/h2-5H,6,13-14H2,1H3,(H,16,17). The summed E-state index contributed by atoms with van der Waals surface area (Å²) in [7, 11) is 1.85. The quantitative estimate of drug-likeness (QED) is 0.313. The smallest absolute Gasteiger partial charge is 0.336 e. The molecule has 0 saturated heterocycles. The summed E-state index contributed by atoms with van der Waals surface area (Å²) in [5.74, 6) is -0.787. The normalized spacial score (nSPS) is 9.89. The molecule has 5 nitrogen and oxygen atoms in total. The van der Waals surface area contributed by atoms with Crippen molar-refractivity contribution in [3.63, 3.8) is 0 Å². The van der Waals surface area contributed by atoms with Crippen LogP contribution >= 0.6 is 34.4 Å². The maximum Gasteiger partial charge on any atom is 0.336 e. The van der Waals surface area contributed by atoms with Crippen molar-refractivity contribution < 1.29 is 9.90 Å². The van der Waals surface area contributed by atoms with Gasteiger partial charge in [-0.05, 0) is 12.1 Å². The van der Waals surface area contributed by atoms with Gasteiger partial charge in [0.05, 0.1) is 10.1 Å². The lowest BCUT2D eigenvalue weighted by molar-refractivity contribution is 0.0693. The second-order valence-corrected chi connectivity index (χ2v) is 5.19. The molecule has 0 amide bonds. The van der Waals surface area contributed by atoms with Crippen molar-refractivity contribution in [3.8, 4) is 0 Å². The highest BCUT2D eigenvalue weighted by Crippen LogP contribution is 2.31. The minimum atomic E-state index is -0.967. The highest BCUT2D eigenvalue weighted by molar-refractivity contribution is 14.1. The van der Waals surface area contributed by atoms with E-state index in [4.69, 9.17) is 16.6 Å². The van der Waals surface area contributed by atoms with Crippen LogP contribution < -0.4 is 11.5 Å². The lowest BCUT2D eigenvalue weighted by atomic mass is 10.2. The Morgan fingerprint density at radius 3 is 2.56 bits per heavy atom.